The lowest BCUT2D eigenvalue weighted by Crippen LogP contribution is -2.46. The quantitative estimate of drug-likeness (QED) is 0.0133. The maximum absolute atomic E-state index is 13.5. The summed E-state index contributed by atoms with van der Waals surface area (Å²) < 4.78 is 124. The SMILES string of the molecule is CC(=O)OC=O.CC1(C)OC(=O)C(=CCc2cncc(F)c2)C(=O)O1.CC1(C)OC(=O)CC(=O)O1.CC1(C)OC(=O)N(C2CCC(N)CC2)[C@H]1c1ccccc1.CC1(C)OC(=O)N(C2CCC(NC(=O)c3ccnc4cc(F)cnc34)CC2)[C@H]1c1ccccc1.Fc1cnc2c(Br)ccnc2c1.Nc1cncc(F)c1.O=C(O)c1ccnc2cc(F)cnc12.O=C(O)c1ccnc2cc(F)cnc12.O=c1cc[nH]c2cc(F)cnc12. The Morgan fingerprint density at radius 3 is 1.28 bits per heavy atom. The van der Waals surface area contributed by atoms with Crippen molar-refractivity contribution in [2.45, 2.75) is 186 Å². The van der Waals surface area contributed by atoms with Crippen LogP contribution in [0.5, 0.6) is 0 Å². The van der Waals surface area contributed by atoms with E-state index in [1.54, 1.807) is 18.3 Å². The van der Waals surface area contributed by atoms with E-state index in [1.165, 1.54) is 126 Å². The molecule has 782 valence electrons. The number of nitrogens with one attached hydrogen (secondary N) is 2. The molecule has 8 N–H and O–H groups in total. The van der Waals surface area contributed by atoms with E-state index in [4.69, 9.17) is 40.6 Å². The van der Waals surface area contributed by atoms with Gasteiger partial charge in [-0.25, -0.2) is 64.5 Å². The Labute approximate surface area is 858 Å². The molecule has 2 aromatic carbocycles. The second-order valence-electron chi connectivity index (χ2n) is 35.6. The summed E-state index contributed by atoms with van der Waals surface area (Å²) in [4.78, 5) is 182. The minimum atomic E-state index is -1.26. The van der Waals surface area contributed by atoms with Crippen LogP contribution in [0.3, 0.4) is 0 Å². The fraction of sp³-hybridized carbons (Fsp3) is 0.279. The third-order valence-electron chi connectivity index (χ3n) is 22.5. The maximum atomic E-state index is 13.5. The van der Waals surface area contributed by atoms with Crippen LogP contribution in [-0.4, -0.2) is 193 Å². The third-order valence-corrected chi connectivity index (χ3v) is 23.2. The van der Waals surface area contributed by atoms with Crippen molar-refractivity contribution >= 4 is 143 Å². The fourth-order valence-electron chi connectivity index (χ4n) is 16.2. The van der Waals surface area contributed by atoms with E-state index in [-0.39, 0.29) is 129 Å². The molecule has 2 atom stereocenters. The highest BCUT2D eigenvalue weighted by Gasteiger charge is 2.53. The summed E-state index contributed by atoms with van der Waals surface area (Å²) in [7, 11) is 0. The summed E-state index contributed by atoms with van der Waals surface area (Å²) in [6.07, 6.45) is 25.1. The zero-order valence-corrected chi connectivity index (χ0v) is 83.2. The van der Waals surface area contributed by atoms with Crippen LogP contribution >= 0.6 is 15.9 Å². The second kappa shape index (κ2) is 51.2. The Balaban J connectivity index is 0.000000164. The molecular formula is C104H99BrF7N17O21. The minimum absolute atomic E-state index is 0.0192. The molecule has 4 saturated heterocycles. The highest BCUT2D eigenvalue weighted by atomic mass is 79.9. The van der Waals surface area contributed by atoms with Gasteiger partial charge in [-0.3, -0.25) is 88.4 Å². The number of cyclic esters (lactones) is 6. The molecule has 0 radical (unpaired) electrons. The lowest BCUT2D eigenvalue weighted by atomic mass is 9.86. The minimum Gasteiger partial charge on any atom is -0.478 e. The first kappa shape index (κ1) is 113. The molecule has 14 aromatic rings. The van der Waals surface area contributed by atoms with E-state index >= 15 is 0 Å². The number of carboxylic acids is 2. The summed E-state index contributed by atoms with van der Waals surface area (Å²) in [5.74, 6) is -11.2. The Kier molecular flexibility index (Phi) is 38.6. The lowest BCUT2D eigenvalue weighted by molar-refractivity contribution is -0.231. The van der Waals surface area contributed by atoms with Crippen LogP contribution in [0.4, 0.5) is 46.0 Å². The number of nitrogen functional groups attached to an aromatic ring is 1. The van der Waals surface area contributed by atoms with Crippen molar-refractivity contribution in [3.8, 4) is 0 Å². The Hall–Kier alpha value is -17.2. The molecule has 6 aliphatic rings. The molecule has 0 unspecified atom stereocenters. The van der Waals surface area contributed by atoms with Crippen molar-refractivity contribution in [3.63, 3.8) is 0 Å². The summed E-state index contributed by atoms with van der Waals surface area (Å²) in [5, 5.41) is 20.7. The van der Waals surface area contributed by atoms with Gasteiger partial charge in [0.25, 0.3) is 17.5 Å². The summed E-state index contributed by atoms with van der Waals surface area (Å²) in [6.45, 7) is 15.1. The van der Waals surface area contributed by atoms with Crippen molar-refractivity contribution < 1.29 is 127 Å². The third kappa shape index (κ3) is 31.7. The average Bonchev–Trinajstić information content (AvgIpc) is 1.61. The predicted molar refractivity (Wildman–Crippen MR) is 528 cm³/mol. The first-order chi connectivity index (χ1) is 71.1. The molecule has 2 aliphatic carbocycles. The number of esters is 5. The monoisotopic (exact) mass is 2130 g/mol. The predicted octanol–water partition coefficient (Wildman–Crippen LogP) is 16.8. The molecular weight excluding hydrogens is 2040 g/mol. The van der Waals surface area contributed by atoms with Crippen LogP contribution in [0, 0.1) is 40.7 Å². The first-order valence-corrected chi connectivity index (χ1v) is 46.7. The van der Waals surface area contributed by atoms with Crippen LogP contribution in [0.25, 0.3) is 55.2 Å². The number of carboxylic acid groups (broad SMARTS) is 2. The smallest absolute Gasteiger partial charge is 0.411 e. The van der Waals surface area contributed by atoms with E-state index in [1.807, 2.05) is 86.0 Å². The lowest BCUT2D eigenvalue weighted by Gasteiger charge is -2.38. The summed E-state index contributed by atoms with van der Waals surface area (Å²) >= 11 is 3.30. The van der Waals surface area contributed by atoms with Gasteiger partial charge in [-0.15, -0.1) is 0 Å². The van der Waals surface area contributed by atoms with E-state index in [2.05, 4.69) is 107 Å². The Morgan fingerprint density at radius 2 is 0.867 bits per heavy atom. The number of fused-ring (bicyclic) bond motifs is 5. The number of pyridine rings is 12. The number of carbonyl (C=O) groups excluding carboxylic acids is 9. The molecule has 20 rings (SSSR count). The van der Waals surface area contributed by atoms with Crippen molar-refractivity contribution in [3.05, 3.63) is 321 Å². The van der Waals surface area contributed by atoms with E-state index in [9.17, 15) is 88.3 Å². The number of benzene rings is 2. The highest BCUT2D eigenvalue weighted by molar-refractivity contribution is 9.10. The number of carbonyl (C=O) groups is 11. The van der Waals surface area contributed by atoms with Crippen LogP contribution in [0.1, 0.15) is 180 Å². The number of allylic oxidation sites excluding steroid dienone is 1. The molecule has 12 aromatic heterocycles. The topological polar surface area (TPSA) is 538 Å². The van der Waals surface area contributed by atoms with Gasteiger partial charge >= 0.3 is 60.4 Å². The number of H-pyrrole nitrogens is 1. The average molecular weight is 2140 g/mol. The molecule has 0 bridgehead atoms. The van der Waals surface area contributed by atoms with E-state index in [0.717, 1.165) is 123 Å². The zero-order chi connectivity index (χ0) is 109. The van der Waals surface area contributed by atoms with Crippen molar-refractivity contribution in [1.82, 2.24) is 74.9 Å². The number of halogens is 8. The highest BCUT2D eigenvalue weighted by Crippen LogP contribution is 2.47. The zero-order valence-electron chi connectivity index (χ0n) is 81.6. The van der Waals surface area contributed by atoms with Gasteiger partial charge in [0.1, 0.15) is 91.5 Å². The standard InChI is InChI=1S/C26H27FN4O3.C17H24N2O2.C13H12FNO4.2C9H5FN2O2.C8H4BrFN2.C8H5FN2O.C6H8O4.C5H5FN2.C3H4O3/c1-26(2)23(16-6-4-3-5-7-16)31(25(33)34-26)19-10-8-18(9-11-19)30-24(32)20-12-13-28-21-14-17(27)15-29-22(20)21;1-17(2)15(12-6-4-3-5-7-12)19(16(20)21-17)14-10-8-13(18)9-11-14;1-13(2)18-11(16)10(12(17)19-13)4-3-8-5-9(14)7-15-6-8;2*10-5-3-7-8(12-4-5)6(9(13)14)1-2-11-7;9-6-1-2-11-7-3-5(10)4-12-8(6)7;9-5-3-6-8(11-4-5)7(12)1-2-10-6;1-6(2)9-4(7)3-5(8)10-6;6-4-1-5(7)3-8-2-4;1-3(5)6-2-4/h3-7,12-15,18-19,23H,8-11H2,1-2H3,(H,30,32);3-7,13-15H,8-11,18H2,1-2H3;4-7H,3H2,1-2H3;2*1-4H,(H,13,14);1-4H;1-4H,(H,10,12);3H2,1-2H3;1-3H,7H2;2H,1H3/t18?,19?,23-;13?,14?,15-;;;;;;;;/m00......../s1. The van der Waals surface area contributed by atoms with Gasteiger partial charge in [-0.2, -0.15) is 0 Å². The van der Waals surface area contributed by atoms with Gasteiger partial charge in [0.15, 0.2) is 0 Å². The number of aromatic nitrogens is 12. The number of hydrogen-bond acceptors (Lipinski definition) is 32. The van der Waals surface area contributed by atoms with Crippen LogP contribution in [0.15, 0.2) is 241 Å². The summed E-state index contributed by atoms with van der Waals surface area (Å²) in [6, 6.07) is 36.6. The van der Waals surface area contributed by atoms with Crippen LogP contribution in [-0.2, 0) is 68.3 Å². The molecule has 38 nitrogen and oxygen atoms in total. The molecule has 16 heterocycles. The van der Waals surface area contributed by atoms with Gasteiger partial charge in [-0.05, 0) is 155 Å². The fourth-order valence-corrected chi connectivity index (χ4v) is 16.6. The molecule has 6 fully saturated rings. The number of rotatable bonds is 11. The molecule has 0 spiro atoms. The molecule has 2 saturated carbocycles. The number of nitrogens with zero attached hydrogens (tertiary/aromatic N) is 13. The molecule has 4 aliphatic heterocycles. The molecule has 150 heavy (non-hydrogen) atoms. The van der Waals surface area contributed by atoms with Gasteiger partial charge in [0.2, 0.25) is 5.43 Å². The Morgan fingerprint density at radius 1 is 0.473 bits per heavy atom. The summed E-state index contributed by atoms with van der Waals surface area (Å²) in [5.41, 5.74) is 16.7. The molecule has 3 amide bonds. The van der Waals surface area contributed by atoms with E-state index < -0.39 is 99.5 Å². The first-order valence-electron chi connectivity index (χ1n) is 45.9. The van der Waals surface area contributed by atoms with Gasteiger partial charge < -0.3 is 65.1 Å². The van der Waals surface area contributed by atoms with Crippen molar-refractivity contribution in [1.29, 1.82) is 0 Å². The number of anilines is 1. The van der Waals surface area contributed by atoms with Gasteiger partial charge in [-0.1, -0.05) is 66.7 Å². The normalized spacial score (nSPS) is 18.1. The number of aromatic amines is 1. The number of ether oxygens (including phenoxy) is 7. The van der Waals surface area contributed by atoms with E-state index in [0.29, 0.717) is 44.4 Å². The number of aromatic carboxylic acids is 2. The van der Waals surface area contributed by atoms with Gasteiger partial charge in [0, 0.05) is 143 Å². The second-order valence-corrected chi connectivity index (χ2v) is 36.4. The number of hydrogen-bond donors (Lipinski definition) is 6. The largest absolute Gasteiger partial charge is 0.478 e. The van der Waals surface area contributed by atoms with Crippen molar-refractivity contribution in [2.24, 2.45) is 5.73 Å². The van der Waals surface area contributed by atoms with Gasteiger partial charge in [0.05, 0.1) is 105 Å². The van der Waals surface area contributed by atoms with Crippen LogP contribution in [0.2, 0.25) is 0 Å². The maximum Gasteiger partial charge on any atom is 0.411 e. The Bertz CT molecular complexity index is 7230. The van der Waals surface area contributed by atoms with Crippen molar-refractivity contribution in [2.75, 3.05) is 5.73 Å². The van der Waals surface area contributed by atoms with Crippen LogP contribution < -0.4 is 22.2 Å². The number of amides is 3. The molecule has 46 heteroatoms. The number of nitrogens with two attached hydrogens (primary N) is 2.